The van der Waals surface area contributed by atoms with Gasteiger partial charge in [-0.05, 0) is 44.7 Å². The molecule has 0 aliphatic carbocycles. The highest BCUT2D eigenvalue weighted by atomic mass is 16.5. The molecule has 0 spiro atoms. The van der Waals surface area contributed by atoms with Gasteiger partial charge in [0, 0.05) is 12.6 Å². The van der Waals surface area contributed by atoms with Crippen LogP contribution < -0.4 is 9.64 Å². The second-order valence-corrected chi connectivity index (χ2v) is 5.70. The minimum Gasteiger partial charge on any atom is -0.497 e. The van der Waals surface area contributed by atoms with E-state index in [0.29, 0.717) is 31.6 Å². The fourth-order valence-electron chi connectivity index (χ4n) is 3.20. The van der Waals surface area contributed by atoms with Crippen molar-refractivity contribution in [1.82, 2.24) is 0 Å². The third kappa shape index (κ3) is 2.92. The van der Waals surface area contributed by atoms with Crippen LogP contribution in [0.3, 0.4) is 0 Å². The average Bonchev–Trinajstić information content (AvgIpc) is 2.69. The molecule has 1 heterocycles. The van der Waals surface area contributed by atoms with E-state index in [4.69, 9.17) is 9.47 Å². The molecule has 23 heavy (non-hydrogen) atoms. The van der Waals surface area contributed by atoms with Crippen LogP contribution in [-0.2, 0) is 20.7 Å². The van der Waals surface area contributed by atoms with Gasteiger partial charge in [-0.25, -0.2) is 0 Å². The number of benzene rings is 1. The molecule has 1 aliphatic heterocycles. The fourth-order valence-corrected chi connectivity index (χ4v) is 3.20. The van der Waals surface area contributed by atoms with Crippen LogP contribution in [0.15, 0.2) is 18.2 Å². The molecule has 0 bridgehead atoms. The average molecular weight is 319 g/mol. The number of rotatable bonds is 5. The van der Waals surface area contributed by atoms with Crippen LogP contribution in [0.5, 0.6) is 5.75 Å². The van der Waals surface area contributed by atoms with E-state index in [0.717, 1.165) is 11.3 Å². The molecule has 0 radical (unpaired) electrons. The van der Waals surface area contributed by atoms with Gasteiger partial charge < -0.3 is 14.4 Å². The summed E-state index contributed by atoms with van der Waals surface area (Å²) in [5.74, 6) is 0.119. The number of hydrogen-bond acceptors (Lipinski definition) is 4. The smallest absolute Gasteiger partial charge is 0.321 e. The number of aryl methyl sites for hydroxylation is 1. The minimum atomic E-state index is -1.10. The summed E-state index contributed by atoms with van der Waals surface area (Å²) in [7, 11) is 1.60. The Morgan fingerprint density at radius 2 is 2.04 bits per heavy atom. The van der Waals surface area contributed by atoms with Crippen molar-refractivity contribution in [2.45, 2.75) is 40.0 Å². The predicted molar refractivity (Wildman–Crippen MR) is 88.7 cm³/mol. The number of nitrogens with zero attached hydrogens (tertiary/aromatic N) is 1. The zero-order valence-corrected chi connectivity index (χ0v) is 14.3. The maximum atomic E-state index is 13.2. The number of anilines is 1. The molecule has 1 aromatic carbocycles. The first kappa shape index (κ1) is 17.3. The van der Waals surface area contributed by atoms with Gasteiger partial charge in [0.2, 0.25) is 5.91 Å². The highest BCUT2D eigenvalue weighted by Gasteiger charge is 2.49. The number of amides is 1. The molecule has 0 saturated heterocycles. The van der Waals surface area contributed by atoms with Gasteiger partial charge in [0.1, 0.15) is 11.2 Å². The van der Waals surface area contributed by atoms with Gasteiger partial charge in [-0.1, -0.05) is 13.0 Å². The van der Waals surface area contributed by atoms with Crippen molar-refractivity contribution in [1.29, 1.82) is 0 Å². The summed E-state index contributed by atoms with van der Waals surface area (Å²) in [6.45, 7) is 6.33. The van der Waals surface area contributed by atoms with Crippen molar-refractivity contribution in [2.75, 3.05) is 25.2 Å². The predicted octanol–water partition coefficient (Wildman–Crippen LogP) is 2.95. The largest absolute Gasteiger partial charge is 0.497 e. The summed E-state index contributed by atoms with van der Waals surface area (Å²) < 4.78 is 10.5. The second kappa shape index (κ2) is 7.02. The molecule has 5 heteroatoms. The summed E-state index contributed by atoms with van der Waals surface area (Å²) in [6.07, 6.45) is 1.57. The maximum Gasteiger partial charge on any atom is 0.321 e. The molecule has 0 unspecified atom stereocenters. The first-order valence-electron chi connectivity index (χ1n) is 8.20. The Bertz CT molecular complexity index is 599. The van der Waals surface area contributed by atoms with Crippen LogP contribution in [0.1, 0.15) is 39.2 Å². The Kier molecular flexibility index (Phi) is 5.29. The van der Waals surface area contributed by atoms with Gasteiger partial charge in [-0.2, -0.15) is 0 Å². The zero-order valence-electron chi connectivity index (χ0n) is 14.3. The maximum absolute atomic E-state index is 13.2. The third-order valence-electron chi connectivity index (χ3n) is 4.64. The van der Waals surface area contributed by atoms with Crippen molar-refractivity contribution in [2.24, 2.45) is 5.41 Å². The molecule has 0 aromatic heterocycles. The van der Waals surface area contributed by atoms with E-state index in [2.05, 4.69) is 0 Å². The molecule has 1 aliphatic rings. The Labute approximate surface area is 137 Å². The third-order valence-corrected chi connectivity index (χ3v) is 4.64. The Hall–Kier alpha value is -2.04. The zero-order chi connectivity index (χ0) is 17.0. The summed E-state index contributed by atoms with van der Waals surface area (Å²) in [5, 5.41) is 0. The number of carbonyl (C=O) groups excluding carboxylic acids is 2. The van der Waals surface area contributed by atoms with Crippen LogP contribution in [-0.4, -0.2) is 32.1 Å². The lowest BCUT2D eigenvalue weighted by atomic mass is 9.79. The molecule has 0 fully saturated rings. The van der Waals surface area contributed by atoms with E-state index in [1.54, 1.807) is 18.9 Å². The van der Waals surface area contributed by atoms with Crippen LogP contribution in [0.4, 0.5) is 5.69 Å². The summed E-state index contributed by atoms with van der Waals surface area (Å²) >= 11 is 0. The summed E-state index contributed by atoms with van der Waals surface area (Å²) in [5.41, 5.74) is 0.787. The van der Waals surface area contributed by atoms with E-state index >= 15 is 0 Å². The molecule has 2 rings (SSSR count). The highest BCUT2D eigenvalue weighted by Crippen LogP contribution is 2.40. The van der Waals surface area contributed by atoms with Crippen LogP contribution in [0, 0.1) is 5.41 Å². The molecule has 0 N–H and O–H groups in total. The van der Waals surface area contributed by atoms with Crippen molar-refractivity contribution in [3.05, 3.63) is 23.8 Å². The quantitative estimate of drug-likeness (QED) is 0.618. The molecular weight excluding hydrogens is 294 g/mol. The standard InChI is InChI=1S/C18H25NO4/c1-5-18(17(21)23-7-3)11-10-13-8-9-14(22-4)12-15(13)19(6-2)16(18)20/h8-9,12H,5-7,10-11H2,1-4H3/t18-/m1/s1. The van der Waals surface area contributed by atoms with E-state index in [1.807, 2.05) is 32.0 Å². The van der Waals surface area contributed by atoms with Crippen molar-refractivity contribution >= 4 is 17.6 Å². The Morgan fingerprint density at radius 1 is 1.30 bits per heavy atom. The summed E-state index contributed by atoms with van der Waals surface area (Å²) in [4.78, 5) is 27.4. The number of ether oxygens (including phenoxy) is 2. The molecule has 1 aromatic rings. The van der Waals surface area contributed by atoms with Gasteiger partial charge in [-0.3, -0.25) is 9.59 Å². The van der Waals surface area contributed by atoms with E-state index in [1.165, 1.54) is 0 Å². The van der Waals surface area contributed by atoms with Gasteiger partial charge >= 0.3 is 5.97 Å². The Morgan fingerprint density at radius 3 is 2.61 bits per heavy atom. The van der Waals surface area contributed by atoms with Crippen molar-refractivity contribution in [3.63, 3.8) is 0 Å². The second-order valence-electron chi connectivity index (χ2n) is 5.70. The minimum absolute atomic E-state index is 0.173. The number of methoxy groups -OCH3 is 1. The van der Waals surface area contributed by atoms with Crippen LogP contribution in [0.25, 0.3) is 0 Å². The van der Waals surface area contributed by atoms with Crippen LogP contribution >= 0.6 is 0 Å². The van der Waals surface area contributed by atoms with Gasteiger partial charge in [0.15, 0.2) is 0 Å². The number of esters is 1. The monoisotopic (exact) mass is 319 g/mol. The summed E-state index contributed by atoms with van der Waals surface area (Å²) in [6, 6.07) is 5.73. The fraction of sp³-hybridized carbons (Fsp3) is 0.556. The lowest BCUT2D eigenvalue weighted by molar-refractivity contribution is -0.160. The van der Waals surface area contributed by atoms with Crippen molar-refractivity contribution in [3.8, 4) is 5.75 Å². The SMILES string of the molecule is CCOC(=O)[C@]1(CC)CCc2ccc(OC)cc2N(CC)C1=O. The molecule has 0 saturated carbocycles. The number of carbonyl (C=O) groups is 2. The lowest BCUT2D eigenvalue weighted by Gasteiger charge is -2.32. The van der Waals surface area contributed by atoms with Crippen molar-refractivity contribution < 1.29 is 19.1 Å². The first-order chi connectivity index (χ1) is 11.0. The lowest BCUT2D eigenvalue weighted by Crippen LogP contribution is -2.48. The van der Waals surface area contributed by atoms with Gasteiger partial charge in [0.05, 0.1) is 19.4 Å². The Balaban J connectivity index is 2.52. The van der Waals surface area contributed by atoms with E-state index < -0.39 is 11.4 Å². The van der Waals surface area contributed by atoms with Crippen LogP contribution in [0.2, 0.25) is 0 Å². The van der Waals surface area contributed by atoms with E-state index in [-0.39, 0.29) is 12.5 Å². The van der Waals surface area contributed by atoms with Gasteiger partial charge in [-0.15, -0.1) is 0 Å². The first-order valence-corrected chi connectivity index (χ1v) is 8.20. The number of hydrogen-bond donors (Lipinski definition) is 0. The van der Waals surface area contributed by atoms with Gasteiger partial charge in [0.25, 0.3) is 0 Å². The molecule has 1 atom stereocenters. The topological polar surface area (TPSA) is 55.8 Å². The molecule has 126 valence electrons. The highest BCUT2D eigenvalue weighted by molar-refractivity contribution is 6.11. The molecule has 5 nitrogen and oxygen atoms in total. The number of fused-ring (bicyclic) bond motifs is 1. The normalized spacial score (nSPS) is 20.7. The molecule has 1 amide bonds. The van der Waals surface area contributed by atoms with E-state index in [9.17, 15) is 9.59 Å². The molecular formula is C18H25NO4.